The van der Waals surface area contributed by atoms with Gasteiger partial charge in [-0.15, -0.1) is 15.3 Å². The molecule has 4 aromatic rings. The fourth-order valence-electron chi connectivity index (χ4n) is 2.71. The Bertz CT molecular complexity index is 1120. The third kappa shape index (κ3) is 2.18. The van der Waals surface area contributed by atoms with Gasteiger partial charge in [0.2, 0.25) is 5.16 Å². The number of nitrogens with zero attached hydrogens (tertiary/aromatic N) is 6. The highest BCUT2D eigenvalue weighted by Gasteiger charge is 2.14. The molecule has 7 nitrogen and oxygen atoms in total. The molecule has 24 heavy (non-hydrogen) atoms. The Kier molecular flexibility index (Phi) is 3.53. The molecular formula is C16H14N6OS. The Morgan fingerprint density at radius 2 is 2.00 bits per heavy atom. The van der Waals surface area contributed by atoms with Crippen LogP contribution in [0, 0.1) is 0 Å². The van der Waals surface area contributed by atoms with E-state index in [1.54, 1.807) is 15.3 Å². The Morgan fingerprint density at radius 1 is 1.17 bits per heavy atom. The van der Waals surface area contributed by atoms with E-state index < -0.39 is 0 Å². The highest BCUT2D eigenvalue weighted by Crippen LogP contribution is 2.16. The molecule has 4 rings (SSSR count). The van der Waals surface area contributed by atoms with Crippen molar-refractivity contribution in [1.29, 1.82) is 0 Å². The van der Waals surface area contributed by atoms with Crippen molar-refractivity contribution in [1.82, 2.24) is 29.4 Å². The van der Waals surface area contributed by atoms with Gasteiger partial charge in [-0.05, 0) is 30.4 Å². The zero-order chi connectivity index (χ0) is 16.7. The smallest absolute Gasteiger partial charge is 0.282 e. The maximum Gasteiger partial charge on any atom is 0.285 e. The number of hydrogen-bond donors (Lipinski definition) is 0. The third-order valence-electron chi connectivity index (χ3n) is 3.90. The molecule has 0 spiro atoms. The second-order valence-electron chi connectivity index (χ2n) is 5.22. The van der Waals surface area contributed by atoms with Gasteiger partial charge in [-0.25, -0.2) is 0 Å². The highest BCUT2D eigenvalue weighted by molar-refractivity contribution is 7.98. The molecule has 0 aliphatic carbocycles. The summed E-state index contributed by atoms with van der Waals surface area (Å²) in [5.41, 5.74) is 2.61. The molecule has 0 radical (unpaired) electrons. The first-order valence-corrected chi connectivity index (χ1v) is 8.72. The van der Waals surface area contributed by atoms with Gasteiger partial charge < -0.3 is 0 Å². The molecule has 0 unspecified atom stereocenters. The summed E-state index contributed by atoms with van der Waals surface area (Å²) in [6, 6.07) is 9.66. The zero-order valence-electron chi connectivity index (χ0n) is 13.2. The van der Waals surface area contributed by atoms with E-state index in [1.165, 1.54) is 11.8 Å². The summed E-state index contributed by atoms with van der Waals surface area (Å²) in [7, 11) is 0. The monoisotopic (exact) mass is 338 g/mol. The molecule has 120 valence electrons. The average molecular weight is 338 g/mol. The predicted octanol–water partition coefficient (Wildman–Crippen LogP) is 2.11. The Labute approximate surface area is 141 Å². The van der Waals surface area contributed by atoms with Crippen LogP contribution in [0.1, 0.15) is 12.5 Å². The van der Waals surface area contributed by atoms with Crippen LogP contribution >= 0.6 is 11.8 Å². The molecule has 3 aromatic heterocycles. The number of rotatable bonds is 3. The summed E-state index contributed by atoms with van der Waals surface area (Å²) < 4.78 is 3.17. The highest BCUT2D eigenvalue weighted by atomic mass is 32.2. The van der Waals surface area contributed by atoms with Crippen LogP contribution in [0.25, 0.3) is 22.5 Å². The molecule has 1 aromatic carbocycles. The molecule has 0 aliphatic rings. The molecule has 0 N–H and O–H groups in total. The van der Waals surface area contributed by atoms with Crippen LogP contribution < -0.4 is 5.56 Å². The quantitative estimate of drug-likeness (QED) is 0.532. The topological polar surface area (TPSA) is 78.0 Å². The molecule has 0 fully saturated rings. The number of thioether (sulfide) groups is 1. The van der Waals surface area contributed by atoms with Gasteiger partial charge in [0.25, 0.3) is 11.3 Å². The molecule has 0 saturated heterocycles. The summed E-state index contributed by atoms with van der Waals surface area (Å²) in [6.07, 6.45) is 4.48. The molecule has 0 aliphatic heterocycles. The second-order valence-corrected chi connectivity index (χ2v) is 5.99. The largest absolute Gasteiger partial charge is 0.285 e. The second kappa shape index (κ2) is 5.72. The lowest BCUT2D eigenvalue weighted by atomic mass is 10.1. The molecule has 0 bridgehead atoms. The first kappa shape index (κ1) is 14.8. The van der Waals surface area contributed by atoms with Crippen LogP contribution in [0.5, 0.6) is 0 Å². The minimum absolute atomic E-state index is 0.219. The standard InChI is InChI=1S/C16H14N6OS/c1-3-10-6-4-5-7-11(10)21-9-8-12-13(14(21)23)18-19-15-17-16(24-2)20-22(12)15/h4-9H,3H2,1-2H3. The van der Waals surface area contributed by atoms with Crippen molar-refractivity contribution in [3.63, 3.8) is 0 Å². The SMILES string of the molecule is CCc1ccccc1-n1ccc2c(nnc3nc(SC)nn32)c1=O. The minimum Gasteiger partial charge on any atom is -0.282 e. The van der Waals surface area contributed by atoms with Crippen molar-refractivity contribution in [2.75, 3.05) is 6.26 Å². The van der Waals surface area contributed by atoms with E-state index in [9.17, 15) is 4.79 Å². The predicted molar refractivity (Wildman–Crippen MR) is 92.8 cm³/mol. The molecule has 0 saturated carbocycles. The summed E-state index contributed by atoms with van der Waals surface area (Å²) in [6.45, 7) is 2.06. The first-order chi connectivity index (χ1) is 11.7. The van der Waals surface area contributed by atoms with Gasteiger partial charge in [-0.3, -0.25) is 9.36 Å². The molecule has 8 heteroatoms. The van der Waals surface area contributed by atoms with Crippen LogP contribution in [0.2, 0.25) is 0 Å². The van der Waals surface area contributed by atoms with E-state index in [4.69, 9.17) is 0 Å². The van der Waals surface area contributed by atoms with Crippen LogP contribution in [0.15, 0.2) is 46.5 Å². The first-order valence-electron chi connectivity index (χ1n) is 7.50. The molecule has 3 heterocycles. The maximum absolute atomic E-state index is 12.9. The molecule has 0 amide bonds. The fraction of sp³-hybridized carbons (Fsp3) is 0.188. The van der Waals surface area contributed by atoms with Crippen LogP contribution in [0.4, 0.5) is 0 Å². The lowest BCUT2D eigenvalue weighted by Crippen LogP contribution is -2.21. The molecular weight excluding hydrogens is 324 g/mol. The zero-order valence-corrected chi connectivity index (χ0v) is 14.0. The van der Waals surface area contributed by atoms with E-state index >= 15 is 0 Å². The summed E-state index contributed by atoms with van der Waals surface area (Å²) in [4.78, 5) is 17.2. The number of hydrogen-bond acceptors (Lipinski definition) is 6. The maximum atomic E-state index is 12.9. The third-order valence-corrected chi connectivity index (χ3v) is 4.44. The van der Waals surface area contributed by atoms with E-state index in [0.717, 1.165) is 17.7 Å². The Hall–Kier alpha value is -2.74. The van der Waals surface area contributed by atoms with Crippen molar-refractivity contribution in [2.24, 2.45) is 0 Å². The summed E-state index contributed by atoms with van der Waals surface area (Å²) in [5.74, 6) is 0.387. The van der Waals surface area contributed by atoms with Gasteiger partial charge in [-0.2, -0.15) is 9.50 Å². The van der Waals surface area contributed by atoms with Crippen LogP contribution in [-0.2, 0) is 6.42 Å². The van der Waals surface area contributed by atoms with Gasteiger partial charge in [0.1, 0.15) is 5.52 Å². The number of benzene rings is 1. The van der Waals surface area contributed by atoms with E-state index in [2.05, 4.69) is 27.2 Å². The van der Waals surface area contributed by atoms with Crippen LogP contribution in [-0.4, -0.2) is 35.6 Å². The Morgan fingerprint density at radius 3 is 2.79 bits per heavy atom. The lowest BCUT2D eigenvalue weighted by molar-refractivity contribution is 0.882. The minimum atomic E-state index is -0.219. The van der Waals surface area contributed by atoms with Crippen molar-refractivity contribution < 1.29 is 0 Å². The van der Waals surface area contributed by atoms with Gasteiger partial charge in [0, 0.05) is 6.20 Å². The van der Waals surface area contributed by atoms with Gasteiger partial charge >= 0.3 is 0 Å². The fourth-order valence-corrected chi connectivity index (χ4v) is 3.04. The van der Waals surface area contributed by atoms with E-state index in [-0.39, 0.29) is 11.1 Å². The average Bonchev–Trinajstić information content (AvgIpc) is 3.06. The van der Waals surface area contributed by atoms with E-state index in [0.29, 0.717) is 16.5 Å². The number of fused-ring (bicyclic) bond motifs is 3. The van der Waals surface area contributed by atoms with Crippen molar-refractivity contribution in [2.45, 2.75) is 18.5 Å². The number of aryl methyl sites for hydroxylation is 1. The Balaban J connectivity index is 2.02. The normalized spacial score (nSPS) is 11.4. The van der Waals surface area contributed by atoms with E-state index in [1.807, 2.05) is 36.6 Å². The van der Waals surface area contributed by atoms with Gasteiger partial charge in [0.15, 0.2) is 5.52 Å². The summed E-state index contributed by atoms with van der Waals surface area (Å²) >= 11 is 1.42. The van der Waals surface area contributed by atoms with Crippen molar-refractivity contribution in [3.05, 3.63) is 52.4 Å². The van der Waals surface area contributed by atoms with Crippen molar-refractivity contribution in [3.8, 4) is 5.69 Å². The summed E-state index contributed by atoms with van der Waals surface area (Å²) in [5, 5.41) is 13.1. The number of pyridine rings is 1. The van der Waals surface area contributed by atoms with Crippen LogP contribution in [0.3, 0.4) is 0 Å². The van der Waals surface area contributed by atoms with Gasteiger partial charge in [0.05, 0.1) is 5.69 Å². The number of aromatic nitrogens is 6. The van der Waals surface area contributed by atoms with Crippen molar-refractivity contribution >= 4 is 28.6 Å². The molecule has 0 atom stereocenters. The number of para-hydroxylation sites is 1. The van der Waals surface area contributed by atoms with Gasteiger partial charge in [-0.1, -0.05) is 36.9 Å². The lowest BCUT2D eigenvalue weighted by Gasteiger charge is -2.11.